The lowest BCUT2D eigenvalue weighted by Crippen LogP contribution is -2.40. The van der Waals surface area contributed by atoms with E-state index in [0.717, 1.165) is 12.0 Å². The van der Waals surface area contributed by atoms with Gasteiger partial charge in [-0.25, -0.2) is 0 Å². The van der Waals surface area contributed by atoms with Gasteiger partial charge in [0.1, 0.15) is 0 Å². The Bertz CT molecular complexity index is 906. The van der Waals surface area contributed by atoms with Crippen LogP contribution in [0, 0.1) is 0 Å². The van der Waals surface area contributed by atoms with Crippen molar-refractivity contribution in [3.63, 3.8) is 0 Å². The second-order valence-corrected chi connectivity index (χ2v) is 6.80. The summed E-state index contributed by atoms with van der Waals surface area (Å²) in [5.41, 5.74) is 2.10. The van der Waals surface area contributed by atoms with Crippen LogP contribution in [0.1, 0.15) is 15.9 Å². The third-order valence-electron chi connectivity index (χ3n) is 4.66. The van der Waals surface area contributed by atoms with Crippen molar-refractivity contribution in [2.75, 3.05) is 45.3 Å². The van der Waals surface area contributed by atoms with E-state index in [1.54, 1.807) is 48.4 Å². The van der Waals surface area contributed by atoms with Gasteiger partial charge >= 0.3 is 0 Å². The van der Waals surface area contributed by atoms with Crippen LogP contribution < -0.4 is 14.8 Å². The highest BCUT2D eigenvalue weighted by molar-refractivity contribution is 5.97. The Hall–Kier alpha value is -3.32. The average Bonchev–Trinajstić information content (AvgIpc) is 2.78. The Kier molecular flexibility index (Phi) is 7.45. The number of hydrogen-bond donors (Lipinski definition) is 1. The van der Waals surface area contributed by atoms with Crippen LogP contribution in [0.15, 0.2) is 55.1 Å². The SMILES string of the molecule is C=CCc1ccc(OCC(=O)Nc2cccc(C(=O)N3CCOCC3)c2)c(OC)c1. The number of carbonyl (C=O) groups excluding carboxylic acids is 2. The van der Waals surface area contributed by atoms with Gasteiger partial charge in [0.15, 0.2) is 18.1 Å². The molecular formula is C23H26N2O5. The van der Waals surface area contributed by atoms with E-state index in [0.29, 0.717) is 49.1 Å². The summed E-state index contributed by atoms with van der Waals surface area (Å²) < 4.78 is 16.2. The van der Waals surface area contributed by atoms with Crippen LogP contribution in [0.5, 0.6) is 11.5 Å². The fraction of sp³-hybridized carbons (Fsp3) is 0.304. The van der Waals surface area contributed by atoms with E-state index in [4.69, 9.17) is 14.2 Å². The van der Waals surface area contributed by atoms with Gasteiger partial charge in [-0.3, -0.25) is 9.59 Å². The molecule has 0 radical (unpaired) electrons. The molecule has 0 atom stereocenters. The van der Waals surface area contributed by atoms with Crippen molar-refractivity contribution >= 4 is 17.5 Å². The largest absolute Gasteiger partial charge is 0.493 e. The number of rotatable bonds is 8. The fourth-order valence-electron chi connectivity index (χ4n) is 3.14. The van der Waals surface area contributed by atoms with Crippen LogP contribution in [0.25, 0.3) is 0 Å². The van der Waals surface area contributed by atoms with E-state index >= 15 is 0 Å². The Morgan fingerprint density at radius 1 is 1.17 bits per heavy atom. The van der Waals surface area contributed by atoms with Crippen molar-refractivity contribution in [3.8, 4) is 11.5 Å². The maximum absolute atomic E-state index is 12.6. The standard InChI is InChI=1S/C23H26N2O5/c1-3-5-17-8-9-20(21(14-17)28-2)30-16-22(26)24-19-7-4-6-18(15-19)23(27)25-10-12-29-13-11-25/h3-4,6-9,14-15H,1,5,10-13,16H2,2H3,(H,24,26). The zero-order chi connectivity index (χ0) is 21.3. The van der Waals surface area contributed by atoms with Crippen molar-refractivity contribution < 1.29 is 23.8 Å². The van der Waals surface area contributed by atoms with Gasteiger partial charge in [0.25, 0.3) is 11.8 Å². The lowest BCUT2D eigenvalue weighted by molar-refractivity contribution is -0.118. The Morgan fingerprint density at radius 3 is 2.70 bits per heavy atom. The van der Waals surface area contributed by atoms with Crippen molar-refractivity contribution in [2.24, 2.45) is 0 Å². The molecule has 30 heavy (non-hydrogen) atoms. The minimum absolute atomic E-state index is 0.0741. The van der Waals surface area contributed by atoms with E-state index in [1.165, 1.54) is 0 Å². The van der Waals surface area contributed by atoms with E-state index in [2.05, 4.69) is 11.9 Å². The topological polar surface area (TPSA) is 77.1 Å². The quantitative estimate of drug-likeness (QED) is 0.677. The number of hydrogen-bond acceptors (Lipinski definition) is 5. The molecule has 1 aliphatic rings. The Morgan fingerprint density at radius 2 is 1.97 bits per heavy atom. The first-order valence-electron chi connectivity index (χ1n) is 9.78. The minimum Gasteiger partial charge on any atom is -0.493 e. The summed E-state index contributed by atoms with van der Waals surface area (Å²) in [6.45, 7) is 5.75. The molecule has 0 unspecified atom stereocenters. The molecular weight excluding hydrogens is 384 g/mol. The third kappa shape index (κ3) is 5.61. The number of nitrogens with zero attached hydrogens (tertiary/aromatic N) is 1. The summed E-state index contributed by atoms with van der Waals surface area (Å²) in [5, 5.41) is 2.77. The fourth-order valence-corrected chi connectivity index (χ4v) is 3.14. The number of anilines is 1. The first-order chi connectivity index (χ1) is 14.6. The van der Waals surface area contributed by atoms with Gasteiger partial charge in [0.2, 0.25) is 0 Å². The second kappa shape index (κ2) is 10.5. The zero-order valence-electron chi connectivity index (χ0n) is 17.1. The van der Waals surface area contributed by atoms with Crippen molar-refractivity contribution in [1.29, 1.82) is 0 Å². The molecule has 0 spiro atoms. The maximum atomic E-state index is 12.6. The lowest BCUT2D eigenvalue weighted by Gasteiger charge is -2.27. The van der Waals surface area contributed by atoms with Crippen molar-refractivity contribution in [1.82, 2.24) is 4.90 Å². The molecule has 2 aromatic rings. The lowest BCUT2D eigenvalue weighted by atomic mass is 10.1. The average molecular weight is 410 g/mol. The second-order valence-electron chi connectivity index (χ2n) is 6.80. The van der Waals surface area contributed by atoms with Crippen LogP contribution in [0.4, 0.5) is 5.69 Å². The van der Waals surface area contributed by atoms with Crippen molar-refractivity contribution in [2.45, 2.75) is 6.42 Å². The number of methoxy groups -OCH3 is 1. The maximum Gasteiger partial charge on any atom is 0.262 e. The van der Waals surface area contributed by atoms with Crippen LogP contribution in [0.2, 0.25) is 0 Å². The number of benzene rings is 2. The Balaban J connectivity index is 1.59. The molecule has 0 bridgehead atoms. The monoisotopic (exact) mass is 410 g/mol. The van der Waals surface area contributed by atoms with E-state index in [-0.39, 0.29) is 18.4 Å². The van der Waals surface area contributed by atoms with Crippen LogP contribution in [-0.4, -0.2) is 56.7 Å². The Labute approximate surface area is 176 Å². The molecule has 1 N–H and O–H groups in total. The first-order valence-corrected chi connectivity index (χ1v) is 9.78. The summed E-state index contributed by atoms with van der Waals surface area (Å²) in [5.74, 6) is 0.634. The molecule has 3 rings (SSSR count). The van der Waals surface area contributed by atoms with Gasteiger partial charge in [-0.1, -0.05) is 18.2 Å². The predicted octanol–water partition coefficient (Wildman–Crippen LogP) is 2.91. The molecule has 0 aliphatic carbocycles. The molecule has 1 fully saturated rings. The number of nitrogens with one attached hydrogen (secondary N) is 1. The summed E-state index contributed by atoms with van der Waals surface area (Å²) in [6.07, 6.45) is 2.53. The summed E-state index contributed by atoms with van der Waals surface area (Å²) in [6, 6.07) is 12.4. The molecule has 0 aromatic heterocycles. The van der Waals surface area contributed by atoms with Crippen LogP contribution >= 0.6 is 0 Å². The number of carbonyl (C=O) groups is 2. The highest BCUT2D eigenvalue weighted by Gasteiger charge is 2.19. The number of amides is 2. The van der Waals surface area contributed by atoms with Gasteiger partial charge in [-0.15, -0.1) is 6.58 Å². The van der Waals surface area contributed by atoms with E-state index in [1.807, 2.05) is 12.1 Å². The molecule has 158 valence electrons. The third-order valence-corrected chi connectivity index (χ3v) is 4.66. The smallest absolute Gasteiger partial charge is 0.262 e. The highest BCUT2D eigenvalue weighted by Crippen LogP contribution is 2.28. The summed E-state index contributed by atoms with van der Waals surface area (Å²) in [7, 11) is 1.55. The zero-order valence-corrected chi connectivity index (χ0v) is 17.1. The van der Waals surface area contributed by atoms with Crippen molar-refractivity contribution in [3.05, 3.63) is 66.2 Å². The van der Waals surface area contributed by atoms with Crippen LogP contribution in [-0.2, 0) is 16.0 Å². The summed E-state index contributed by atoms with van der Waals surface area (Å²) in [4.78, 5) is 26.7. The number of allylic oxidation sites excluding steroid dienone is 1. The minimum atomic E-state index is -0.330. The van der Waals surface area contributed by atoms with Gasteiger partial charge in [0, 0.05) is 24.3 Å². The van der Waals surface area contributed by atoms with Gasteiger partial charge in [-0.05, 0) is 42.3 Å². The molecule has 7 heteroatoms. The van der Waals surface area contributed by atoms with E-state index in [9.17, 15) is 9.59 Å². The molecule has 1 heterocycles. The molecule has 0 saturated carbocycles. The van der Waals surface area contributed by atoms with Gasteiger partial charge in [-0.2, -0.15) is 0 Å². The summed E-state index contributed by atoms with van der Waals surface area (Å²) >= 11 is 0. The van der Waals surface area contributed by atoms with Crippen LogP contribution in [0.3, 0.4) is 0 Å². The number of morpholine rings is 1. The molecule has 2 amide bonds. The van der Waals surface area contributed by atoms with Gasteiger partial charge < -0.3 is 24.4 Å². The van der Waals surface area contributed by atoms with E-state index < -0.39 is 0 Å². The molecule has 7 nitrogen and oxygen atoms in total. The molecule has 2 aromatic carbocycles. The first kappa shape index (κ1) is 21.4. The highest BCUT2D eigenvalue weighted by atomic mass is 16.5. The molecule has 1 aliphatic heterocycles. The number of ether oxygens (including phenoxy) is 3. The normalized spacial score (nSPS) is 13.4. The van der Waals surface area contributed by atoms with Gasteiger partial charge in [0.05, 0.1) is 20.3 Å². The predicted molar refractivity (Wildman–Crippen MR) is 114 cm³/mol. The molecule has 1 saturated heterocycles.